The van der Waals surface area contributed by atoms with Crippen molar-refractivity contribution in [2.75, 3.05) is 47.2 Å². The average molecular weight is 384 g/mol. The summed E-state index contributed by atoms with van der Waals surface area (Å²) in [7, 11) is 3.28. The Hall–Kier alpha value is -2.00. The van der Waals surface area contributed by atoms with Crippen molar-refractivity contribution in [1.82, 2.24) is 9.80 Å². The first-order chi connectivity index (χ1) is 12.2. The highest BCUT2D eigenvalue weighted by atomic mass is 32.2. The van der Waals surface area contributed by atoms with Gasteiger partial charge >= 0.3 is 0 Å². The molecule has 0 spiro atoms. The summed E-state index contributed by atoms with van der Waals surface area (Å²) < 4.78 is 35.1. The highest BCUT2D eigenvalue weighted by Gasteiger charge is 2.53. The number of fused-ring (bicyclic) bond motifs is 1. The molecule has 1 N–H and O–H groups in total. The maximum atomic E-state index is 12.9. The van der Waals surface area contributed by atoms with Gasteiger partial charge in [0.25, 0.3) is 5.91 Å². The van der Waals surface area contributed by atoms with Gasteiger partial charge in [-0.25, -0.2) is 8.42 Å². The second-order valence-corrected chi connectivity index (χ2v) is 9.27. The molecule has 1 amide bonds. The number of phenolic OH excluding ortho intramolecular Hbond substituents is 1. The maximum Gasteiger partial charge on any atom is 0.254 e. The quantitative estimate of drug-likeness (QED) is 0.793. The molecule has 26 heavy (non-hydrogen) atoms. The summed E-state index contributed by atoms with van der Waals surface area (Å²) in [6, 6.07) is 2.78. The topological polar surface area (TPSA) is 96.4 Å². The van der Waals surface area contributed by atoms with Crippen molar-refractivity contribution < 1.29 is 27.8 Å². The van der Waals surface area contributed by atoms with Crippen LogP contribution in [0.1, 0.15) is 10.4 Å². The Morgan fingerprint density at radius 3 is 2.27 bits per heavy atom. The molecule has 0 aromatic heterocycles. The van der Waals surface area contributed by atoms with Crippen LogP contribution in [0.3, 0.4) is 0 Å². The molecule has 9 heteroatoms. The number of ether oxygens (including phenoxy) is 2. The van der Waals surface area contributed by atoms with Gasteiger partial charge in [-0.15, -0.1) is 0 Å². The molecular weight excluding hydrogens is 360 g/mol. The summed E-state index contributed by atoms with van der Waals surface area (Å²) in [5.74, 6) is -0.182. The minimum atomic E-state index is -3.22. The zero-order valence-electron chi connectivity index (χ0n) is 15.3. The maximum absolute atomic E-state index is 12.9. The molecular formula is C17H24N2O6S. The number of nitrogens with zero attached hydrogens (tertiary/aromatic N) is 2. The Bertz CT molecular complexity index is 798. The molecule has 0 aliphatic carbocycles. The third-order valence-electron chi connectivity index (χ3n) is 5.34. The molecule has 2 heterocycles. The van der Waals surface area contributed by atoms with Crippen LogP contribution in [0.4, 0.5) is 0 Å². The normalized spacial score (nSPS) is 26.8. The van der Waals surface area contributed by atoms with Crippen molar-refractivity contribution >= 4 is 15.7 Å². The standard InChI is InChI=1S/C17H24N2O6S/c1-18(2)12-9-26(22,23)15-8-19(7-11(12)15)17(21)10-5-13(24-3)16(20)14(6-10)25-4/h5-6,11-12,15,20H,7-9H2,1-4H3/t11-,12+,15-/m0/s1. The number of carbonyl (C=O) groups is 1. The van der Waals surface area contributed by atoms with E-state index in [1.165, 1.54) is 26.4 Å². The smallest absolute Gasteiger partial charge is 0.254 e. The van der Waals surface area contributed by atoms with Gasteiger partial charge in [0.05, 0.1) is 25.2 Å². The third kappa shape index (κ3) is 2.99. The lowest BCUT2D eigenvalue weighted by atomic mass is 10.00. The van der Waals surface area contributed by atoms with Gasteiger partial charge in [0.1, 0.15) is 0 Å². The SMILES string of the molecule is COc1cc(C(=O)N2C[C@H]3[C@H](N(C)C)CS(=O)(=O)[C@H]3C2)cc(OC)c1O. The van der Waals surface area contributed by atoms with Crippen LogP contribution in [0.15, 0.2) is 12.1 Å². The molecule has 0 unspecified atom stereocenters. The van der Waals surface area contributed by atoms with Crippen molar-refractivity contribution in [3.8, 4) is 17.2 Å². The second-order valence-electron chi connectivity index (χ2n) is 7.00. The lowest BCUT2D eigenvalue weighted by molar-refractivity contribution is 0.0778. The number of methoxy groups -OCH3 is 2. The van der Waals surface area contributed by atoms with Crippen molar-refractivity contribution in [3.63, 3.8) is 0 Å². The van der Waals surface area contributed by atoms with E-state index in [0.717, 1.165) is 0 Å². The molecule has 8 nitrogen and oxygen atoms in total. The van der Waals surface area contributed by atoms with Gasteiger partial charge in [0.15, 0.2) is 21.3 Å². The second kappa shape index (κ2) is 6.62. The molecule has 0 saturated carbocycles. The number of amides is 1. The van der Waals surface area contributed by atoms with Crippen molar-refractivity contribution in [2.24, 2.45) is 5.92 Å². The highest BCUT2D eigenvalue weighted by Crippen LogP contribution is 2.39. The van der Waals surface area contributed by atoms with Crippen molar-refractivity contribution in [1.29, 1.82) is 0 Å². The first-order valence-corrected chi connectivity index (χ1v) is 10.0. The van der Waals surface area contributed by atoms with Crippen LogP contribution < -0.4 is 9.47 Å². The molecule has 0 radical (unpaired) electrons. The van der Waals surface area contributed by atoms with Crippen LogP contribution >= 0.6 is 0 Å². The number of hydrogen-bond donors (Lipinski definition) is 1. The van der Waals surface area contributed by atoms with Gasteiger partial charge < -0.3 is 24.4 Å². The number of hydrogen-bond acceptors (Lipinski definition) is 7. The fourth-order valence-corrected chi connectivity index (χ4v) is 6.41. The van der Waals surface area contributed by atoms with Crippen LogP contribution in [-0.2, 0) is 9.84 Å². The molecule has 1 aromatic carbocycles. The predicted molar refractivity (Wildman–Crippen MR) is 95.7 cm³/mol. The first kappa shape index (κ1) is 18.8. The number of likely N-dealkylation sites (tertiary alicyclic amines) is 1. The van der Waals surface area contributed by atoms with E-state index in [2.05, 4.69) is 0 Å². The zero-order valence-corrected chi connectivity index (χ0v) is 16.1. The van der Waals surface area contributed by atoms with Crippen LogP contribution in [0.2, 0.25) is 0 Å². The fourth-order valence-electron chi connectivity index (χ4n) is 3.93. The van der Waals surface area contributed by atoms with Gasteiger partial charge in [-0.3, -0.25) is 4.79 Å². The lowest BCUT2D eigenvalue weighted by Gasteiger charge is -2.25. The molecule has 144 valence electrons. The third-order valence-corrected chi connectivity index (χ3v) is 7.57. The Labute approximate surface area is 153 Å². The Morgan fingerprint density at radius 2 is 1.77 bits per heavy atom. The predicted octanol–water partition coefficient (Wildman–Crippen LogP) is 0.209. The van der Waals surface area contributed by atoms with E-state index in [1.807, 2.05) is 19.0 Å². The molecule has 2 fully saturated rings. The van der Waals surface area contributed by atoms with Gasteiger partial charge in [-0.1, -0.05) is 0 Å². The average Bonchev–Trinajstić information content (AvgIpc) is 3.14. The lowest BCUT2D eigenvalue weighted by Crippen LogP contribution is -2.38. The van der Waals surface area contributed by atoms with Gasteiger partial charge in [0.2, 0.25) is 5.75 Å². The monoisotopic (exact) mass is 384 g/mol. The largest absolute Gasteiger partial charge is 0.502 e. The van der Waals surface area contributed by atoms with E-state index in [9.17, 15) is 18.3 Å². The minimum absolute atomic E-state index is 0.0910. The highest BCUT2D eigenvalue weighted by molar-refractivity contribution is 7.92. The summed E-state index contributed by atoms with van der Waals surface area (Å²) in [5, 5.41) is 9.47. The van der Waals surface area contributed by atoms with E-state index in [-0.39, 0.29) is 53.0 Å². The van der Waals surface area contributed by atoms with E-state index in [1.54, 1.807) is 4.90 Å². The van der Waals surface area contributed by atoms with Gasteiger partial charge in [-0.2, -0.15) is 0 Å². The van der Waals surface area contributed by atoms with Crippen LogP contribution in [0.5, 0.6) is 17.2 Å². The zero-order chi connectivity index (χ0) is 19.2. The number of benzene rings is 1. The van der Waals surface area contributed by atoms with Crippen LogP contribution in [0.25, 0.3) is 0 Å². The van der Waals surface area contributed by atoms with Crippen molar-refractivity contribution in [2.45, 2.75) is 11.3 Å². The van der Waals surface area contributed by atoms with Crippen LogP contribution in [0, 0.1) is 5.92 Å². The fraction of sp³-hybridized carbons (Fsp3) is 0.588. The summed E-state index contributed by atoms with van der Waals surface area (Å²) in [4.78, 5) is 16.4. The van der Waals surface area contributed by atoms with E-state index < -0.39 is 15.1 Å². The Kier molecular flexibility index (Phi) is 4.78. The molecule has 2 aliphatic heterocycles. The Balaban J connectivity index is 1.89. The molecule has 3 rings (SSSR count). The molecule has 3 atom stereocenters. The molecule has 1 aromatic rings. The minimum Gasteiger partial charge on any atom is -0.502 e. The number of phenols is 1. The summed E-state index contributed by atoms with van der Waals surface area (Å²) in [5.41, 5.74) is 0.287. The van der Waals surface area contributed by atoms with E-state index in [0.29, 0.717) is 6.54 Å². The molecule has 0 bridgehead atoms. The molecule has 2 aliphatic rings. The number of carbonyl (C=O) groups excluding carboxylic acids is 1. The number of sulfone groups is 1. The van der Waals surface area contributed by atoms with Crippen LogP contribution in [-0.4, -0.2) is 87.7 Å². The number of rotatable bonds is 4. The Morgan fingerprint density at radius 1 is 1.19 bits per heavy atom. The van der Waals surface area contributed by atoms with Crippen molar-refractivity contribution in [3.05, 3.63) is 17.7 Å². The first-order valence-electron chi connectivity index (χ1n) is 8.31. The van der Waals surface area contributed by atoms with E-state index >= 15 is 0 Å². The van der Waals surface area contributed by atoms with Gasteiger partial charge in [-0.05, 0) is 26.2 Å². The molecule has 2 saturated heterocycles. The van der Waals surface area contributed by atoms with Gasteiger partial charge in [0, 0.05) is 30.6 Å². The number of aromatic hydroxyl groups is 1. The summed E-state index contributed by atoms with van der Waals surface area (Å²) in [6.07, 6.45) is 0. The summed E-state index contributed by atoms with van der Waals surface area (Å²) >= 11 is 0. The summed E-state index contributed by atoms with van der Waals surface area (Å²) in [6.45, 7) is 0.568. The van der Waals surface area contributed by atoms with E-state index in [4.69, 9.17) is 9.47 Å².